The summed E-state index contributed by atoms with van der Waals surface area (Å²) in [5.41, 5.74) is 7.54. The lowest BCUT2D eigenvalue weighted by Gasteiger charge is -2.20. The zero-order chi connectivity index (χ0) is 15.5. The fourth-order valence-electron chi connectivity index (χ4n) is 1.89. The molecule has 5 nitrogen and oxygen atoms in total. The molecular formula is C15H15N3O2S. The Morgan fingerprint density at radius 2 is 1.76 bits per heavy atom. The van der Waals surface area contributed by atoms with E-state index in [2.05, 4.69) is 0 Å². The number of benzene rings is 2. The summed E-state index contributed by atoms with van der Waals surface area (Å²) in [6.07, 6.45) is 0. The van der Waals surface area contributed by atoms with Crippen molar-refractivity contribution in [2.75, 3.05) is 17.1 Å². The summed E-state index contributed by atoms with van der Waals surface area (Å²) in [6.45, 7) is 0. The normalized spacial score (nSPS) is 10.9. The molecule has 2 aromatic carbocycles. The molecule has 2 aromatic rings. The summed E-state index contributed by atoms with van der Waals surface area (Å²) < 4.78 is 26.1. The van der Waals surface area contributed by atoms with Crippen molar-refractivity contribution in [2.24, 2.45) is 0 Å². The second kappa shape index (κ2) is 5.85. The van der Waals surface area contributed by atoms with Crippen LogP contribution in [0.2, 0.25) is 0 Å². The van der Waals surface area contributed by atoms with Crippen LogP contribution in [0.5, 0.6) is 0 Å². The zero-order valence-electron chi connectivity index (χ0n) is 11.5. The second-order valence-corrected chi connectivity index (χ2v) is 6.58. The average Bonchev–Trinajstić information content (AvgIpc) is 2.47. The lowest BCUT2D eigenvalue weighted by Crippen LogP contribution is -2.28. The molecule has 0 atom stereocenters. The van der Waals surface area contributed by atoms with Crippen molar-refractivity contribution < 1.29 is 8.42 Å². The van der Waals surface area contributed by atoms with Gasteiger partial charge < -0.3 is 5.73 Å². The standard InChI is InChI=1S/C15H15N3O2S/c1-18(15-8-6-14(17)7-9-15)21(19,20)11-13-5-3-2-4-12(13)10-16/h2-9H,11,17H2,1H3. The van der Waals surface area contributed by atoms with Crippen molar-refractivity contribution >= 4 is 21.4 Å². The Morgan fingerprint density at radius 1 is 1.14 bits per heavy atom. The summed E-state index contributed by atoms with van der Waals surface area (Å²) >= 11 is 0. The Morgan fingerprint density at radius 3 is 2.38 bits per heavy atom. The number of sulfonamides is 1. The maximum atomic E-state index is 12.4. The molecule has 0 bridgehead atoms. The summed E-state index contributed by atoms with van der Waals surface area (Å²) in [6, 6.07) is 15.3. The molecular weight excluding hydrogens is 286 g/mol. The van der Waals surface area contributed by atoms with Gasteiger partial charge in [0.1, 0.15) is 0 Å². The van der Waals surface area contributed by atoms with Gasteiger partial charge in [-0.15, -0.1) is 0 Å². The lowest BCUT2D eigenvalue weighted by atomic mass is 10.1. The van der Waals surface area contributed by atoms with E-state index in [-0.39, 0.29) is 5.75 Å². The Kier molecular flexibility index (Phi) is 4.15. The monoisotopic (exact) mass is 301 g/mol. The van der Waals surface area contributed by atoms with E-state index in [9.17, 15) is 8.42 Å². The van der Waals surface area contributed by atoms with Crippen LogP contribution in [0.4, 0.5) is 11.4 Å². The summed E-state index contributed by atoms with van der Waals surface area (Å²) in [7, 11) is -2.09. The SMILES string of the molecule is CN(c1ccc(N)cc1)S(=O)(=O)Cc1ccccc1C#N. The van der Waals surface area contributed by atoms with Gasteiger partial charge in [0.2, 0.25) is 10.0 Å². The van der Waals surface area contributed by atoms with E-state index in [1.807, 2.05) is 6.07 Å². The van der Waals surface area contributed by atoms with Crippen LogP contribution in [-0.4, -0.2) is 15.5 Å². The third kappa shape index (κ3) is 3.33. The molecule has 0 aliphatic carbocycles. The summed E-state index contributed by atoms with van der Waals surface area (Å²) in [5.74, 6) is -0.225. The molecule has 0 unspecified atom stereocenters. The smallest absolute Gasteiger partial charge is 0.239 e. The number of hydrogen-bond acceptors (Lipinski definition) is 4. The van der Waals surface area contributed by atoms with Crippen LogP contribution in [0.1, 0.15) is 11.1 Å². The molecule has 0 aliphatic heterocycles. The van der Waals surface area contributed by atoms with Crippen LogP contribution in [0.15, 0.2) is 48.5 Å². The molecule has 21 heavy (non-hydrogen) atoms. The van der Waals surface area contributed by atoms with Crippen molar-refractivity contribution in [3.63, 3.8) is 0 Å². The minimum atomic E-state index is -3.57. The predicted octanol–water partition coefficient (Wildman–Crippen LogP) is 2.11. The first-order valence-corrected chi connectivity index (χ1v) is 7.85. The van der Waals surface area contributed by atoms with Gasteiger partial charge in [-0.1, -0.05) is 18.2 Å². The van der Waals surface area contributed by atoms with Crippen LogP contribution in [-0.2, 0) is 15.8 Å². The van der Waals surface area contributed by atoms with Crippen molar-refractivity contribution in [2.45, 2.75) is 5.75 Å². The minimum absolute atomic E-state index is 0.225. The van der Waals surface area contributed by atoms with Gasteiger partial charge in [0.25, 0.3) is 0 Å². The minimum Gasteiger partial charge on any atom is -0.399 e. The Balaban J connectivity index is 2.30. The molecule has 2 rings (SSSR count). The molecule has 0 fully saturated rings. The van der Waals surface area contributed by atoms with E-state index in [0.29, 0.717) is 22.5 Å². The number of nitrogen functional groups attached to an aromatic ring is 1. The van der Waals surface area contributed by atoms with E-state index in [1.165, 1.54) is 11.4 Å². The highest BCUT2D eigenvalue weighted by Gasteiger charge is 2.20. The van der Waals surface area contributed by atoms with Crippen LogP contribution in [0, 0.1) is 11.3 Å². The maximum absolute atomic E-state index is 12.4. The summed E-state index contributed by atoms with van der Waals surface area (Å²) in [4.78, 5) is 0. The fourth-order valence-corrected chi connectivity index (χ4v) is 3.17. The van der Waals surface area contributed by atoms with E-state index in [4.69, 9.17) is 11.0 Å². The van der Waals surface area contributed by atoms with Crippen LogP contribution < -0.4 is 10.0 Å². The van der Waals surface area contributed by atoms with Crippen LogP contribution >= 0.6 is 0 Å². The first-order valence-electron chi connectivity index (χ1n) is 6.24. The third-order valence-corrected chi connectivity index (χ3v) is 4.87. The molecule has 0 aliphatic rings. The molecule has 2 N–H and O–H groups in total. The van der Waals surface area contributed by atoms with E-state index in [1.54, 1.807) is 48.5 Å². The molecule has 0 radical (unpaired) electrons. The van der Waals surface area contributed by atoms with E-state index >= 15 is 0 Å². The first-order chi connectivity index (χ1) is 9.94. The topological polar surface area (TPSA) is 87.2 Å². The van der Waals surface area contributed by atoms with Gasteiger partial charge >= 0.3 is 0 Å². The molecule has 0 saturated carbocycles. The highest BCUT2D eigenvalue weighted by molar-refractivity contribution is 7.92. The number of rotatable bonds is 4. The van der Waals surface area contributed by atoms with Gasteiger partial charge in [-0.05, 0) is 35.9 Å². The van der Waals surface area contributed by atoms with Gasteiger partial charge in [0.05, 0.1) is 23.1 Å². The van der Waals surface area contributed by atoms with Crippen molar-refractivity contribution in [3.05, 3.63) is 59.7 Å². The third-order valence-electron chi connectivity index (χ3n) is 3.15. The molecule has 6 heteroatoms. The van der Waals surface area contributed by atoms with Crippen molar-refractivity contribution in [3.8, 4) is 6.07 Å². The first kappa shape index (κ1) is 14.9. The van der Waals surface area contributed by atoms with Gasteiger partial charge in [0.15, 0.2) is 0 Å². The number of hydrogen-bond donors (Lipinski definition) is 1. The van der Waals surface area contributed by atoms with Gasteiger partial charge in [-0.25, -0.2) is 8.42 Å². The van der Waals surface area contributed by atoms with Gasteiger partial charge in [0, 0.05) is 12.7 Å². The van der Waals surface area contributed by atoms with Crippen molar-refractivity contribution in [1.82, 2.24) is 0 Å². The van der Waals surface area contributed by atoms with Gasteiger partial charge in [-0.3, -0.25) is 4.31 Å². The van der Waals surface area contributed by atoms with Crippen LogP contribution in [0.25, 0.3) is 0 Å². The molecule has 0 aromatic heterocycles. The summed E-state index contributed by atoms with van der Waals surface area (Å²) in [5, 5.41) is 9.03. The Bertz CT molecular complexity index is 777. The highest BCUT2D eigenvalue weighted by atomic mass is 32.2. The predicted molar refractivity (Wildman–Crippen MR) is 83.0 cm³/mol. The Labute approximate surface area is 124 Å². The zero-order valence-corrected chi connectivity index (χ0v) is 12.3. The number of nitrogens with two attached hydrogens (primary N) is 1. The molecule has 108 valence electrons. The van der Waals surface area contributed by atoms with E-state index < -0.39 is 10.0 Å². The second-order valence-electron chi connectivity index (χ2n) is 4.58. The molecule has 0 spiro atoms. The van der Waals surface area contributed by atoms with Gasteiger partial charge in [-0.2, -0.15) is 5.26 Å². The average molecular weight is 301 g/mol. The van der Waals surface area contributed by atoms with Crippen molar-refractivity contribution in [1.29, 1.82) is 5.26 Å². The lowest BCUT2D eigenvalue weighted by molar-refractivity contribution is 0.593. The maximum Gasteiger partial charge on any atom is 0.239 e. The number of nitriles is 1. The highest BCUT2D eigenvalue weighted by Crippen LogP contribution is 2.21. The molecule has 0 saturated heterocycles. The quantitative estimate of drug-likeness (QED) is 0.876. The molecule has 0 amide bonds. The largest absolute Gasteiger partial charge is 0.399 e. The number of anilines is 2. The van der Waals surface area contributed by atoms with Crippen LogP contribution in [0.3, 0.4) is 0 Å². The Hall–Kier alpha value is -2.52. The van der Waals surface area contributed by atoms with E-state index in [0.717, 1.165) is 0 Å². The number of nitrogens with zero attached hydrogens (tertiary/aromatic N) is 2. The molecule has 0 heterocycles. The fraction of sp³-hybridized carbons (Fsp3) is 0.133.